The molecule has 0 saturated carbocycles. The van der Waals surface area contributed by atoms with Crippen molar-refractivity contribution in [2.75, 3.05) is 31.5 Å². The Hall–Kier alpha value is -4.06. The van der Waals surface area contributed by atoms with Crippen LogP contribution >= 0.6 is 0 Å². The number of aryl methyl sites for hydroxylation is 1. The van der Waals surface area contributed by atoms with Crippen molar-refractivity contribution in [1.82, 2.24) is 34.7 Å². The first-order valence-electron chi connectivity index (χ1n) is 12.2. The monoisotopic (exact) mass is 524 g/mol. The van der Waals surface area contributed by atoms with Crippen LogP contribution in [0.5, 0.6) is 0 Å². The number of amides is 1. The highest BCUT2D eigenvalue weighted by Gasteiger charge is 2.35. The first-order valence-corrected chi connectivity index (χ1v) is 12.2. The molecule has 0 spiro atoms. The molecule has 1 atom stereocenters. The number of H-pyrrole nitrogens is 1. The molecule has 198 valence electrons. The third-order valence-corrected chi connectivity index (χ3v) is 6.66. The molecule has 1 unspecified atom stereocenters. The molecule has 9 nitrogen and oxygen atoms in total. The number of benzene rings is 1. The lowest BCUT2D eigenvalue weighted by Gasteiger charge is -2.38. The van der Waals surface area contributed by atoms with Crippen molar-refractivity contribution in [3.63, 3.8) is 0 Å². The third-order valence-electron chi connectivity index (χ3n) is 6.66. The van der Waals surface area contributed by atoms with Crippen LogP contribution in [0.2, 0.25) is 0 Å². The SMILES string of the molecule is Cc1cc(-c2ccc3nc(Nc4cc(C(C)N5CCN(C(=O)CC(F)(F)F)CC5)ccn4)[nH]c3c2)ncn1. The number of nitrogens with one attached hydrogen (secondary N) is 2. The first kappa shape index (κ1) is 25.6. The average molecular weight is 525 g/mol. The summed E-state index contributed by atoms with van der Waals surface area (Å²) in [4.78, 5) is 36.1. The molecule has 4 heterocycles. The highest BCUT2D eigenvalue weighted by molar-refractivity contribution is 5.83. The van der Waals surface area contributed by atoms with Gasteiger partial charge in [-0.3, -0.25) is 9.69 Å². The van der Waals surface area contributed by atoms with Crippen LogP contribution in [-0.4, -0.2) is 73.0 Å². The number of rotatable bonds is 6. The van der Waals surface area contributed by atoms with E-state index in [4.69, 9.17) is 0 Å². The molecule has 1 aliphatic rings. The van der Waals surface area contributed by atoms with E-state index in [0.29, 0.717) is 24.9 Å². The second-order valence-electron chi connectivity index (χ2n) is 9.35. The quantitative estimate of drug-likeness (QED) is 0.379. The van der Waals surface area contributed by atoms with E-state index in [1.165, 1.54) is 4.90 Å². The van der Waals surface area contributed by atoms with Gasteiger partial charge in [-0.15, -0.1) is 0 Å². The molecule has 1 aliphatic heterocycles. The lowest BCUT2D eigenvalue weighted by atomic mass is 10.1. The van der Waals surface area contributed by atoms with Crippen LogP contribution in [0, 0.1) is 6.92 Å². The van der Waals surface area contributed by atoms with E-state index in [1.807, 2.05) is 50.2 Å². The van der Waals surface area contributed by atoms with Gasteiger partial charge in [0.2, 0.25) is 11.9 Å². The van der Waals surface area contributed by atoms with E-state index in [0.717, 1.165) is 33.5 Å². The van der Waals surface area contributed by atoms with Gasteiger partial charge in [-0.25, -0.2) is 19.9 Å². The number of carbonyl (C=O) groups is 1. The van der Waals surface area contributed by atoms with Crippen LogP contribution < -0.4 is 5.32 Å². The molecule has 1 fully saturated rings. The van der Waals surface area contributed by atoms with Gasteiger partial charge in [0.1, 0.15) is 18.6 Å². The Morgan fingerprint density at radius 3 is 2.61 bits per heavy atom. The van der Waals surface area contributed by atoms with E-state index in [2.05, 4.69) is 35.1 Å². The highest BCUT2D eigenvalue weighted by atomic mass is 19.4. The van der Waals surface area contributed by atoms with Gasteiger partial charge in [-0.1, -0.05) is 6.07 Å². The van der Waals surface area contributed by atoms with Gasteiger partial charge < -0.3 is 15.2 Å². The van der Waals surface area contributed by atoms with Crippen molar-refractivity contribution in [3.05, 3.63) is 60.2 Å². The van der Waals surface area contributed by atoms with E-state index in [9.17, 15) is 18.0 Å². The van der Waals surface area contributed by atoms with Gasteiger partial charge in [0.15, 0.2) is 0 Å². The fourth-order valence-electron chi connectivity index (χ4n) is 4.59. The largest absolute Gasteiger partial charge is 0.397 e. The normalized spacial score (nSPS) is 15.6. The van der Waals surface area contributed by atoms with Gasteiger partial charge in [0, 0.05) is 49.7 Å². The van der Waals surface area contributed by atoms with Gasteiger partial charge in [-0.05, 0) is 49.7 Å². The fraction of sp³-hybridized carbons (Fsp3) is 0.346. The predicted octanol–water partition coefficient (Wildman–Crippen LogP) is 4.62. The minimum absolute atomic E-state index is 0.00651. The zero-order chi connectivity index (χ0) is 26.9. The van der Waals surface area contributed by atoms with Crippen molar-refractivity contribution in [2.24, 2.45) is 0 Å². The Kier molecular flexibility index (Phi) is 6.98. The van der Waals surface area contributed by atoms with Crippen molar-refractivity contribution >= 4 is 28.7 Å². The molecular weight excluding hydrogens is 497 g/mol. The molecule has 38 heavy (non-hydrogen) atoms. The Labute approximate surface area is 217 Å². The summed E-state index contributed by atoms with van der Waals surface area (Å²) in [7, 11) is 0. The van der Waals surface area contributed by atoms with Gasteiger partial charge >= 0.3 is 6.18 Å². The van der Waals surface area contributed by atoms with E-state index in [1.54, 1.807) is 12.5 Å². The maximum atomic E-state index is 12.6. The summed E-state index contributed by atoms with van der Waals surface area (Å²) in [6, 6.07) is 11.6. The number of halogens is 3. The number of nitrogens with zero attached hydrogens (tertiary/aromatic N) is 6. The highest BCUT2D eigenvalue weighted by Crippen LogP contribution is 2.27. The second-order valence-corrected chi connectivity index (χ2v) is 9.35. The maximum Gasteiger partial charge on any atom is 0.397 e. The summed E-state index contributed by atoms with van der Waals surface area (Å²) in [5.41, 5.74) is 5.31. The molecule has 5 rings (SSSR count). The molecule has 0 radical (unpaired) electrons. The summed E-state index contributed by atoms with van der Waals surface area (Å²) >= 11 is 0. The van der Waals surface area contributed by atoms with Crippen LogP contribution in [0.3, 0.4) is 0 Å². The van der Waals surface area contributed by atoms with Gasteiger partial charge in [0.25, 0.3) is 0 Å². The van der Waals surface area contributed by atoms with Crippen molar-refractivity contribution in [3.8, 4) is 11.3 Å². The van der Waals surface area contributed by atoms with Gasteiger partial charge in [-0.2, -0.15) is 13.2 Å². The number of aromatic nitrogens is 5. The van der Waals surface area contributed by atoms with Crippen LogP contribution in [0.25, 0.3) is 22.3 Å². The molecule has 12 heteroatoms. The fourth-order valence-corrected chi connectivity index (χ4v) is 4.59. The molecule has 1 amide bonds. The van der Waals surface area contributed by atoms with Crippen LogP contribution in [0.1, 0.15) is 30.6 Å². The van der Waals surface area contributed by atoms with E-state index >= 15 is 0 Å². The van der Waals surface area contributed by atoms with E-state index in [-0.39, 0.29) is 19.1 Å². The summed E-state index contributed by atoms with van der Waals surface area (Å²) in [6.07, 6.45) is -2.65. The van der Waals surface area contributed by atoms with Crippen LogP contribution in [-0.2, 0) is 4.79 Å². The summed E-state index contributed by atoms with van der Waals surface area (Å²) < 4.78 is 37.7. The molecule has 1 aromatic carbocycles. The predicted molar refractivity (Wildman–Crippen MR) is 137 cm³/mol. The Morgan fingerprint density at radius 2 is 1.87 bits per heavy atom. The number of pyridine rings is 1. The molecule has 1 saturated heterocycles. The molecule has 0 bridgehead atoms. The van der Waals surface area contributed by atoms with Gasteiger partial charge in [0.05, 0.1) is 16.7 Å². The van der Waals surface area contributed by atoms with Crippen molar-refractivity contribution < 1.29 is 18.0 Å². The number of anilines is 2. The van der Waals surface area contributed by atoms with Crippen LogP contribution in [0.15, 0.2) is 48.9 Å². The summed E-state index contributed by atoms with van der Waals surface area (Å²) in [5.74, 6) is 0.287. The molecule has 2 N–H and O–H groups in total. The number of fused-ring (bicyclic) bond motifs is 1. The molecule has 4 aromatic rings. The molecular formula is C26H27F3N8O. The van der Waals surface area contributed by atoms with E-state index < -0.39 is 18.5 Å². The van der Waals surface area contributed by atoms with Crippen molar-refractivity contribution in [1.29, 1.82) is 0 Å². The smallest absolute Gasteiger partial charge is 0.340 e. The van der Waals surface area contributed by atoms with Crippen LogP contribution in [0.4, 0.5) is 24.9 Å². The number of carbonyl (C=O) groups excluding carboxylic acids is 1. The number of hydrogen-bond acceptors (Lipinski definition) is 7. The standard InChI is InChI=1S/C26H27F3N8O/c1-16-11-21(32-15-31-16)19-3-4-20-22(12-19)34-25(33-20)35-23-13-18(5-6-30-23)17(2)36-7-9-37(10-8-36)24(38)14-26(27,28)29/h3-6,11-13,15,17H,7-10,14H2,1-2H3,(H2,30,33,34,35). The lowest BCUT2D eigenvalue weighted by molar-refractivity contribution is -0.162. The lowest BCUT2D eigenvalue weighted by Crippen LogP contribution is -2.50. The average Bonchev–Trinajstić information content (AvgIpc) is 3.29. The minimum Gasteiger partial charge on any atom is -0.340 e. The minimum atomic E-state index is -4.49. The maximum absolute atomic E-state index is 12.6. The summed E-state index contributed by atoms with van der Waals surface area (Å²) in [5, 5.41) is 3.22. The topological polar surface area (TPSA) is 103 Å². The zero-order valence-electron chi connectivity index (χ0n) is 21.0. The zero-order valence-corrected chi connectivity index (χ0v) is 21.0. The van der Waals surface area contributed by atoms with Crippen molar-refractivity contribution in [2.45, 2.75) is 32.5 Å². The number of hydrogen-bond donors (Lipinski definition) is 2. The third kappa shape index (κ3) is 5.91. The Morgan fingerprint density at radius 1 is 1.08 bits per heavy atom. The Balaban J connectivity index is 1.24. The molecule has 0 aliphatic carbocycles. The second kappa shape index (κ2) is 10.4. The Bertz CT molecular complexity index is 1450. The first-order chi connectivity index (χ1) is 18.1. The number of alkyl halides is 3. The summed E-state index contributed by atoms with van der Waals surface area (Å²) in [6.45, 7) is 5.48. The number of aromatic amines is 1. The number of imidazole rings is 1. The number of piperazine rings is 1. The molecule has 3 aromatic heterocycles.